The lowest BCUT2D eigenvalue weighted by Crippen LogP contribution is -2.27. The summed E-state index contributed by atoms with van der Waals surface area (Å²) in [5.41, 5.74) is 7.30. The zero-order valence-electron chi connectivity index (χ0n) is 7.20. The number of hydrogen-bond donors (Lipinski definition) is 2. The second-order valence-corrected chi connectivity index (χ2v) is 4.09. The highest BCUT2D eigenvalue weighted by Gasteiger charge is 2.22. The molecule has 0 aliphatic carbocycles. The number of nitrogen functional groups attached to an aromatic ring is 1. The van der Waals surface area contributed by atoms with E-state index in [9.17, 15) is 4.79 Å². The number of hydrogen-bond acceptors (Lipinski definition) is 4. The summed E-state index contributed by atoms with van der Waals surface area (Å²) in [6.45, 7) is 1.85. The third-order valence-electron chi connectivity index (χ3n) is 1.94. The molecule has 0 saturated carbocycles. The molecular weight excluding hydrogens is 184 g/mol. The van der Waals surface area contributed by atoms with Gasteiger partial charge in [0.25, 0.3) is 0 Å². The van der Waals surface area contributed by atoms with Gasteiger partial charge in [0.05, 0.1) is 11.7 Å². The fourth-order valence-electron chi connectivity index (χ4n) is 1.24. The maximum absolute atomic E-state index is 11.3. The van der Waals surface area contributed by atoms with Crippen LogP contribution < -0.4 is 11.1 Å². The summed E-state index contributed by atoms with van der Waals surface area (Å²) < 4.78 is 0. The van der Waals surface area contributed by atoms with Crippen molar-refractivity contribution in [1.29, 1.82) is 0 Å². The van der Waals surface area contributed by atoms with Crippen molar-refractivity contribution in [1.82, 2.24) is 0 Å². The minimum atomic E-state index is -0.126. The molecule has 0 radical (unpaired) electrons. The Labute approximate surface area is 80.7 Å². The van der Waals surface area contributed by atoms with Crippen molar-refractivity contribution in [2.24, 2.45) is 0 Å². The third kappa shape index (κ3) is 1.49. The second-order valence-electron chi connectivity index (χ2n) is 3.04. The molecule has 1 heterocycles. The van der Waals surface area contributed by atoms with Crippen LogP contribution in [0.15, 0.2) is 23.1 Å². The highest BCUT2D eigenvalue weighted by Crippen LogP contribution is 2.35. The first-order valence-electron chi connectivity index (χ1n) is 4.04. The van der Waals surface area contributed by atoms with Crippen molar-refractivity contribution in [3.8, 4) is 0 Å². The maximum atomic E-state index is 11.3. The van der Waals surface area contributed by atoms with Gasteiger partial charge in [0.15, 0.2) is 0 Å². The molecule has 0 bridgehead atoms. The van der Waals surface area contributed by atoms with Gasteiger partial charge in [0.1, 0.15) is 0 Å². The molecule has 1 aliphatic rings. The molecule has 3 N–H and O–H groups in total. The van der Waals surface area contributed by atoms with Crippen molar-refractivity contribution in [3.63, 3.8) is 0 Å². The molecular formula is C9H10N2OS. The van der Waals surface area contributed by atoms with E-state index in [1.165, 1.54) is 11.8 Å². The van der Waals surface area contributed by atoms with E-state index in [0.29, 0.717) is 5.69 Å². The molecule has 1 atom stereocenters. The molecule has 13 heavy (non-hydrogen) atoms. The molecule has 0 spiro atoms. The number of thioether (sulfide) groups is 1. The third-order valence-corrected chi connectivity index (χ3v) is 3.07. The predicted octanol–water partition coefficient (Wildman–Crippen LogP) is 1.70. The van der Waals surface area contributed by atoms with Crippen LogP contribution >= 0.6 is 11.8 Å². The molecule has 3 nitrogen and oxygen atoms in total. The molecule has 1 unspecified atom stereocenters. The normalized spacial score (nSPS) is 20.7. The number of nitrogens with one attached hydrogen (secondary N) is 1. The Balaban J connectivity index is 2.42. The number of nitrogens with two attached hydrogens (primary N) is 1. The Hall–Kier alpha value is -1.16. The lowest BCUT2D eigenvalue weighted by molar-refractivity contribution is -0.111. The summed E-state index contributed by atoms with van der Waals surface area (Å²) in [5.74, 6) is 0. The SMILES string of the molecule is CC1Nc2cc(N)ccc2SC1=O. The fourth-order valence-corrected chi connectivity index (χ4v) is 2.05. The number of anilines is 2. The highest BCUT2D eigenvalue weighted by atomic mass is 32.2. The van der Waals surface area contributed by atoms with E-state index in [-0.39, 0.29) is 11.2 Å². The summed E-state index contributed by atoms with van der Waals surface area (Å²) in [5, 5.41) is 3.25. The van der Waals surface area contributed by atoms with Crippen LogP contribution in [0.25, 0.3) is 0 Å². The number of benzene rings is 1. The van der Waals surface area contributed by atoms with Crippen LogP contribution in [0.1, 0.15) is 6.92 Å². The van der Waals surface area contributed by atoms with E-state index in [1.54, 1.807) is 6.07 Å². The van der Waals surface area contributed by atoms with E-state index >= 15 is 0 Å². The summed E-state index contributed by atoms with van der Waals surface area (Å²) in [6, 6.07) is 5.40. The van der Waals surface area contributed by atoms with Crippen LogP contribution in [-0.2, 0) is 4.79 Å². The first kappa shape index (κ1) is 8.44. The number of carbonyl (C=O) groups is 1. The van der Waals surface area contributed by atoms with Gasteiger partial charge in [-0.3, -0.25) is 4.79 Å². The van der Waals surface area contributed by atoms with Crippen molar-refractivity contribution >= 4 is 28.3 Å². The zero-order valence-corrected chi connectivity index (χ0v) is 8.02. The first-order valence-corrected chi connectivity index (χ1v) is 4.86. The zero-order chi connectivity index (χ0) is 9.42. The molecule has 0 saturated heterocycles. The Morgan fingerprint density at radius 2 is 2.31 bits per heavy atom. The summed E-state index contributed by atoms with van der Waals surface area (Å²) in [4.78, 5) is 12.3. The topological polar surface area (TPSA) is 55.1 Å². The van der Waals surface area contributed by atoms with Crippen LogP contribution in [0.5, 0.6) is 0 Å². The lowest BCUT2D eigenvalue weighted by Gasteiger charge is -2.22. The summed E-state index contributed by atoms with van der Waals surface area (Å²) >= 11 is 1.27. The van der Waals surface area contributed by atoms with E-state index in [2.05, 4.69) is 5.32 Å². The van der Waals surface area contributed by atoms with Crippen LogP contribution in [-0.4, -0.2) is 11.2 Å². The van der Waals surface area contributed by atoms with Crippen molar-refractivity contribution in [2.75, 3.05) is 11.1 Å². The van der Waals surface area contributed by atoms with Gasteiger partial charge in [0, 0.05) is 10.6 Å². The van der Waals surface area contributed by atoms with Crippen molar-refractivity contribution < 1.29 is 4.79 Å². The predicted molar refractivity (Wildman–Crippen MR) is 54.8 cm³/mol. The molecule has 1 aliphatic heterocycles. The minimum Gasteiger partial charge on any atom is -0.399 e. The van der Waals surface area contributed by atoms with Crippen molar-refractivity contribution in [2.45, 2.75) is 17.9 Å². The average molecular weight is 194 g/mol. The molecule has 0 aromatic heterocycles. The molecule has 68 valence electrons. The van der Waals surface area contributed by atoms with Gasteiger partial charge in [-0.25, -0.2) is 0 Å². The van der Waals surface area contributed by atoms with Gasteiger partial charge < -0.3 is 11.1 Å². The molecule has 4 heteroatoms. The summed E-state index contributed by atoms with van der Waals surface area (Å²) in [6.07, 6.45) is 0. The van der Waals surface area contributed by atoms with Crippen LogP contribution in [0.2, 0.25) is 0 Å². The van der Waals surface area contributed by atoms with Gasteiger partial charge in [-0.2, -0.15) is 0 Å². The first-order chi connectivity index (χ1) is 6.16. The van der Waals surface area contributed by atoms with Gasteiger partial charge in [-0.1, -0.05) is 0 Å². The van der Waals surface area contributed by atoms with Crippen molar-refractivity contribution in [3.05, 3.63) is 18.2 Å². The number of fused-ring (bicyclic) bond motifs is 1. The lowest BCUT2D eigenvalue weighted by atomic mass is 10.2. The number of carbonyl (C=O) groups excluding carboxylic acids is 1. The van der Waals surface area contributed by atoms with Gasteiger partial charge in [0.2, 0.25) is 5.12 Å². The Kier molecular flexibility index (Phi) is 1.92. The van der Waals surface area contributed by atoms with Crippen LogP contribution in [0, 0.1) is 0 Å². The molecule has 0 amide bonds. The van der Waals surface area contributed by atoms with Gasteiger partial charge >= 0.3 is 0 Å². The van der Waals surface area contributed by atoms with E-state index in [0.717, 1.165) is 10.6 Å². The quantitative estimate of drug-likeness (QED) is 0.617. The molecule has 0 fully saturated rings. The van der Waals surface area contributed by atoms with Gasteiger partial charge in [-0.15, -0.1) is 0 Å². The molecule has 1 aromatic rings. The Morgan fingerprint density at radius 1 is 1.54 bits per heavy atom. The second kappa shape index (κ2) is 2.96. The maximum Gasteiger partial charge on any atom is 0.215 e. The molecule has 2 rings (SSSR count). The van der Waals surface area contributed by atoms with E-state index in [1.807, 2.05) is 19.1 Å². The largest absolute Gasteiger partial charge is 0.399 e. The monoisotopic (exact) mass is 194 g/mol. The smallest absolute Gasteiger partial charge is 0.215 e. The minimum absolute atomic E-state index is 0.126. The number of rotatable bonds is 0. The van der Waals surface area contributed by atoms with Gasteiger partial charge in [-0.05, 0) is 36.9 Å². The average Bonchev–Trinajstić information content (AvgIpc) is 2.08. The van der Waals surface area contributed by atoms with Crippen LogP contribution in [0.4, 0.5) is 11.4 Å². The summed E-state index contributed by atoms with van der Waals surface area (Å²) in [7, 11) is 0. The Morgan fingerprint density at radius 3 is 3.08 bits per heavy atom. The standard InChI is InChI=1S/C9H10N2OS/c1-5-9(12)13-8-3-2-6(10)4-7(8)11-5/h2-5,11H,10H2,1H3. The Bertz CT molecular complexity index is 365. The van der Waals surface area contributed by atoms with E-state index < -0.39 is 0 Å². The van der Waals surface area contributed by atoms with Crippen LogP contribution in [0.3, 0.4) is 0 Å². The van der Waals surface area contributed by atoms with E-state index in [4.69, 9.17) is 5.73 Å². The molecule has 1 aromatic carbocycles. The fraction of sp³-hybridized carbons (Fsp3) is 0.222. The highest BCUT2D eigenvalue weighted by molar-refractivity contribution is 8.14.